The third-order valence-electron chi connectivity index (χ3n) is 6.02. The molecule has 1 aliphatic rings. The van der Waals surface area contributed by atoms with Gasteiger partial charge in [0.15, 0.2) is 0 Å². The molecule has 27 heavy (non-hydrogen) atoms. The van der Waals surface area contributed by atoms with Crippen molar-refractivity contribution < 1.29 is 0 Å². The molecule has 0 atom stereocenters. The van der Waals surface area contributed by atoms with Gasteiger partial charge in [0, 0.05) is 6.54 Å². The Hall–Kier alpha value is -2.29. The molecule has 1 aliphatic carbocycles. The van der Waals surface area contributed by atoms with E-state index in [0.717, 1.165) is 23.1 Å². The van der Waals surface area contributed by atoms with Crippen LogP contribution in [-0.4, -0.2) is 9.55 Å². The monoisotopic (exact) mass is 362 g/mol. The predicted molar refractivity (Wildman–Crippen MR) is 113 cm³/mol. The zero-order chi connectivity index (χ0) is 19.0. The second-order valence-corrected chi connectivity index (χ2v) is 9.10. The topological polar surface area (TPSA) is 37.8 Å². The summed E-state index contributed by atoms with van der Waals surface area (Å²) in [6.45, 7) is 7.54. The quantitative estimate of drug-likeness (QED) is 0.621. The van der Waals surface area contributed by atoms with Gasteiger partial charge in [0.1, 0.15) is 0 Å². The largest absolute Gasteiger partial charge is 0.326 e. The van der Waals surface area contributed by atoms with Crippen molar-refractivity contribution in [3.63, 3.8) is 0 Å². The Morgan fingerprint density at radius 3 is 2.30 bits per heavy atom. The van der Waals surface area contributed by atoms with Crippen LogP contribution in [0.4, 0.5) is 0 Å². The number of imidazole rings is 1. The summed E-state index contributed by atoms with van der Waals surface area (Å²) in [7, 11) is 0. The molecule has 4 rings (SSSR count). The highest BCUT2D eigenvalue weighted by molar-refractivity contribution is 5.82. The van der Waals surface area contributed by atoms with Gasteiger partial charge in [-0.25, -0.2) is 4.79 Å². The lowest BCUT2D eigenvalue weighted by Crippen LogP contribution is -2.22. The van der Waals surface area contributed by atoms with Crippen molar-refractivity contribution in [2.24, 2.45) is 5.92 Å². The van der Waals surface area contributed by atoms with Gasteiger partial charge >= 0.3 is 5.69 Å². The normalized spacial score (nSPS) is 16.1. The molecule has 0 aliphatic heterocycles. The Labute approximate surface area is 161 Å². The first-order chi connectivity index (χ1) is 12.9. The molecule has 0 bridgehead atoms. The molecule has 3 aromatic rings. The molecule has 1 aromatic heterocycles. The van der Waals surface area contributed by atoms with Crippen LogP contribution in [0.3, 0.4) is 0 Å². The number of hydrogen-bond donors (Lipinski definition) is 1. The average Bonchev–Trinajstić information content (AvgIpc) is 2.96. The molecule has 3 nitrogen and oxygen atoms in total. The van der Waals surface area contributed by atoms with Gasteiger partial charge in [-0.3, -0.25) is 4.57 Å². The van der Waals surface area contributed by atoms with Crippen LogP contribution in [0.5, 0.6) is 0 Å². The van der Waals surface area contributed by atoms with Gasteiger partial charge in [-0.05, 0) is 53.0 Å². The summed E-state index contributed by atoms with van der Waals surface area (Å²) in [6, 6.07) is 15.1. The van der Waals surface area contributed by atoms with E-state index >= 15 is 0 Å². The molecule has 142 valence electrons. The van der Waals surface area contributed by atoms with E-state index in [4.69, 9.17) is 0 Å². The highest BCUT2D eigenvalue weighted by atomic mass is 16.1. The van der Waals surface area contributed by atoms with Crippen LogP contribution < -0.4 is 5.69 Å². The number of benzene rings is 2. The summed E-state index contributed by atoms with van der Waals surface area (Å²) in [5, 5.41) is 0. The van der Waals surface area contributed by atoms with E-state index in [9.17, 15) is 4.79 Å². The van der Waals surface area contributed by atoms with Crippen molar-refractivity contribution >= 4 is 11.0 Å². The van der Waals surface area contributed by atoms with Crippen LogP contribution in [-0.2, 0) is 12.0 Å². The number of hydrogen-bond acceptors (Lipinski definition) is 1. The summed E-state index contributed by atoms with van der Waals surface area (Å²) < 4.78 is 1.94. The molecule has 0 radical (unpaired) electrons. The van der Waals surface area contributed by atoms with E-state index in [1.165, 1.54) is 43.2 Å². The molecule has 3 heteroatoms. The van der Waals surface area contributed by atoms with Crippen molar-refractivity contribution in [1.29, 1.82) is 0 Å². The maximum Gasteiger partial charge on any atom is 0.326 e. The molecule has 0 amide bonds. The minimum absolute atomic E-state index is 0.0239. The molecular formula is C24H30N2O. The third kappa shape index (κ3) is 3.73. The molecule has 1 N–H and O–H groups in total. The van der Waals surface area contributed by atoms with E-state index in [0.29, 0.717) is 5.92 Å². The van der Waals surface area contributed by atoms with Crippen molar-refractivity contribution in [3.05, 3.63) is 58.5 Å². The van der Waals surface area contributed by atoms with E-state index in [-0.39, 0.29) is 11.1 Å². The first kappa shape index (κ1) is 18.1. The fraction of sp³-hybridized carbons (Fsp3) is 0.458. The number of aromatic amines is 1. The Bertz CT molecular complexity index is 980. The standard InChI is InChI=1S/C24H30N2O/c1-24(2,3)20-12-9-18(10-13-20)19-11-14-22-21(15-19)25-23(27)26(22)16-17-7-5-4-6-8-17/h9-15,17H,4-8,16H2,1-3H3,(H,25,27). The average molecular weight is 363 g/mol. The molecule has 1 heterocycles. The van der Waals surface area contributed by atoms with E-state index in [1.807, 2.05) is 4.57 Å². The number of H-pyrrole nitrogens is 1. The van der Waals surface area contributed by atoms with Gasteiger partial charge in [-0.15, -0.1) is 0 Å². The van der Waals surface area contributed by atoms with Crippen LogP contribution in [0.1, 0.15) is 58.4 Å². The summed E-state index contributed by atoms with van der Waals surface area (Å²) >= 11 is 0. The molecule has 0 saturated heterocycles. The van der Waals surface area contributed by atoms with Gasteiger partial charge in [0.2, 0.25) is 0 Å². The number of aromatic nitrogens is 2. The van der Waals surface area contributed by atoms with Gasteiger partial charge in [0.05, 0.1) is 11.0 Å². The van der Waals surface area contributed by atoms with Crippen LogP contribution in [0, 0.1) is 5.92 Å². The van der Waals surface area contributed by atoms with Gasteiger partial charge in [0.25, 0.3) is 0 Å². The molecular weight excluding hydrogens is 332 g/mol. The molecule has 2 aromatic carbocycles. The van der Waals surface area contributed by atoms with Crippen LogP contribution in [0.15, 0.2) is 47.3 Å². The number of rotatable bonds is 3. The zero-order valence-electron chi connectivity index (χ0n) is 16.7. The van der Waals surface area contributed by atoms with Gasteiger partial charge in [-0.1, -0.05) is 70.4 Å². The maximum absolute atomic E-state index is 12.5. The molecule has 0 unspecified atom stereocenters. The summed E-state index contributed by atoms with van der Waals surface area (Å²) in [4.78, 5) is 15.6. The molecule has 1 fully saturated rings. The van der Waals surface area contributed by atoms with Crippen LogP contribution in [0.2, 0.25) is 0 Å². The Kier molecular flexibility index (Phi) is 4.71. The minimum Gasteiger partial charge on any atom is -0.306 e. The lowest BCUT2D eigenvalue weighted by atomic mass is 9.86. The van der Waals surface area contributed by atoms with Crippen molar-refractivity contribution in [3.8, 4) is 11.1 Å². The van der Waals surface area contributed by atoms with Crippen LogP contribution >= 0.6 is 0 Å². The highest BCUT2D eigenvalue weighted by Gasteiger charge is 2.17. The lowest BCUT2D eigenvalue weighted by Gasteiger charge is -2.21. The van der Waals surface area contributed by atoms with Crippen molar-refractivity contribution in [2.75, 3.05) is 0 Å². The lowest BCUT2D eigenvalue weighted by molar-refractivity contribution is 0.319. The second kappa shape index (κ2) is 7.03. The summed E-state index contributed by atoms with van der Waals surface area (Å²) in [6.07, 6.45) is 6.44. The van der Waals surface area contributed by atoms with Crippen LogP contribution in [0.25, 0.3) is 22.2 Å². The number of nitrogens with zero attached hydrogens (tertiary/aromatic N) is 1. The number of nitrogens with one attached hydrogen (secondary N) is 1. The SMILES string of the molecule is CC(C)(C)c1ccc(-c2ccc3c(c2)[nH]c(=O)n3CC2CCCCC2)cc1. The van der Waals surface area contributed by atoms with Crippen molar-refractivity contribution in [1.82, 2.24) is 9.55 Å². The predicted octanol–water partition coefficient (Wildman–Crippen LogP) is 5.87. The summed E-state index contributed by atoms with van der Waals surface area (Å²) in [5.74, 6) is 0.639. The minimum atomic E-state index is 0.0239. The Morgan fingerprint density at radius 1 is 0.963 bits per heavy atom. The third-order valence-corrected chi connectivity index (χ3v) is 6.02. The second-order valence-electron chi connectivity index (χ2n) is 9.10. The van der Waals surface area contributed by atoms with E-state index in [2.05, 4.69) is 68.2 Å². The maximum atomic E-state index is 12.5. The van der Waals surface area contributed by atoms with E-state index in [1.54, 1.807) is 0 Å². The van der Waals surface area contributed by atoms with E-state index < -0.39 is 0 Å². The molecule has 1 saturated carbocycles. The van der Waals surface area contributed by atoms with Crippen molar-refractivity contribution in [2.45, 2.75) is 64.8 Å². The fourth-order valence-corrected chi connectivity index (χ4v) is 4.32. The Morgan fingerprint density at radius 2 is 1.63 bits per heavy atom. The summed E-state index contributed by atoms with van der Waals surface area (Å²) in [5.41, 5.74) is 5.81. The Balaban J connectivity index is 1.64. The molecule has 0 spiro atoms. The first-order valence-electron chi connectivity index (χ1n) is 10.3. The van der Waals surface area contributed by atoms with Gasteiger partial charge < -0.3 is 4.98 Å². The smallest absolute Gasteiger partial charge is 0.306 e. The first-order valence-corrected chi connectivity index (χ1v) is 10.3. The van der Waals surface area contributed by atoms with Gasteiger partial charge in [-0.2, -0.15) is 0 Å². The number of fused-ring (bicyclic) bond motifs is 1. The fourth-order valence-electron chi connectivity index (χ4n) is 4.32. The highest BCUT2D eigenvalue weighted by Crippen LogP contribution is 2.29. The zero-order valence-corrected chi connectivity index (χ0v) is 16.7.